The van der Waals surface area contributed by atoms with Gasteiger partial charge in [-0.05, 0) is 54.7 Å². The van der Waals surface area contributed by atoms with E-state index in [4.69, 9.17) is 0 Å². The third-order valence-electron chi connectivity index (χ3n) is 4.58. The molecule has 4 heteroatoms. The molecule has 0 bridgehead atoms. The van der Waals surface area contributed by atoms with Gasteiger partial charge in [-0.15, -0.1) is 0 Å². The standard InChI is InChI=1S/C20H22N2O2/c1-14(23)21-17-12-10-16(11-13-17)20(24)22(2)19-9-5-7-15-6-3-4-8-18(15)19/h3-4,6,8,10-13,19H,5,7,9H2,1-2H3,(H,21,23)/t19-/m0/s1. The van der Waals surface area contributed by atoms with Gasteiger partial charge in [0.15, 0.2) is 0 Å². The van der Waals surface area contributed by atoms with Gasteiger partial charge in [0.1, 0.15) is 0 Å². The quantitative estimate of drug-likeness (QED) is 0.934. The van der Waals surface area contributed by atoms with Crippen molar-refractivity contribution in [3.8, 4) is 0 Å². The van der Waals surface area contributed by atoms with Gasteiger partial charge >= 0.3 is 0 Å². The second-order valence-electron chi connectivity index (χ2n) is 6.28. The number of hydrogen-bond donors (Lipinski definition) is 1. The lowest BCUT2D eigenvalue weighted by molar-refractivity contribution is -0.114. The van der Waals surface area contributed by atoms with Crippen molar-refractivity contribution >= 4 is 17.5 Å². The molecule has 3 rings (SSSR count). The fraction of sp³-hybridized carbons (Fsp3) is 0.300. The molecule has 4 nitrogen and oxygen atoms in total. The van der Waals surface area contributed by atoms with Gasteiger partial charge in [-0.2, -0.15) is 0 Å². The van der Waals surface area contributed by atoms with Crippen molar-refractivity contribution in [2.24, 2.45) is 0 Å². The highest BCUT2D eigenvalue weighted by molar-refractivity contribution is 5.95. The van der Waals surface area contributed by atoms with Crippen LogP contribution < -0.4 is 5.32 Å². The predicted octanol–water partition coefficient (Wildman–Crippen LogP) is 3.79. The summed E-state index contributed by atoms with van der Waals surface area (Å²) in [6.07, 6.45) is 3.17. The number of nitrogens with one attached hydrogen (secondary N) is 1. The first-order chi connectivity index (χ1) is 11.6. The number of anilines is 1. The minimum absolute atomic E-state index is 0.00563. The van der Waals surface area contributed by atoms with Gasteiger partial charge in [-0.1, -0.05) is 24.3 Å². The molecule has 0 aliphatic heterocycles. The molecule has 0 fully saturated rings. The van der Waals surface area contributed by atoms with Crippen LogP contribution in [-0.2, 0) is 11.2 Å². The topological polar surface area (TPSA) is 49.4 Å². The largest absolute Gasteiger partial charge is 0.335 e. The van der Waals surface area contributed by atoms with Gasteiger partial charge in [0.2, 0.25) is 5.91 Å². The summed E-state index contributed by atoms with van der Waals surface area (Å²) in [4.78, 5) is 25.7. The van der Waals surface area contributed by atoms with E-state index in [0.717, 1.165) is 19.3 Å². The zero-order valence-corrected chi connectivity index (χ0v) is 14.1. The zero-order chi connectivity index (χ0) is 17.1. The Balaban J connectivity index is 1.79. The first kappa shape index (κ1) is 16.2. The molecule has 1 N–H and O–H groups in total. The molecule has 0 radical (unpaired) electrons. The molecular weight excluding hydrogens is 300 g/mol. The lowest BCUT2D eigenvalue weighted by Gasteiger charge is -2.33. The van der Waals surface area contributed by atoms with Gasteiger partial charge in [-0.25, -0.2) is 0 Å². The summed E-state index contributed by atoms with van der Waals surface area (Å²) in [6, 6.07) is 15.6. The molecule has 124 valence electrons. The van der Waals surface area contributed by atoms with Crippen molar-refractivity contribution in [1.29, 1.82) is 0 Å². The number of benzene rings is 2. The highest BCUT2D eigenvalue weighted by atomic mass is 16.2. The van der Waals surface area contributed by atoms with Crippen LogP contribution >= 0.6 is 0 Å². The van der Waals surface area contributed by atoms with Crippen molar-refractivity contribution in [1.82, 2.24) is 4.90 Å². The molecule has 24 heavy (non-hydrogen) atoms. The molecule has 0 aromatic heterocycles. The van der Waals surface area contributed by atoms with Crippen LogP contribution in [0, 0.1) is 0 Å². The first-order valence-corrected chi connectivity index (χ1v) is 8.29. The molecule has 0 heterocycles. The molecule has 2 amide bonds. The normalized spacial score (nSPS) is 16.2. The number of carbonyl (C=O) groups is 2. The van der Waals surface area contributed by atoms with Gasteiger partial charge < -0.3 is 10.2 Å². The number of aryl methyl sites for hydroxylation is 1. The van der Waals surface area contributed by atoms with Crippen LogP contribution in [0.4, 0.5) is 5.69 Å². The Labute approximate surface area is 142 Å². The second-order valence-corrected chi connectivity index (χ2v) is 6.28. The smallest absolute Gasteiger partial charge is 0.254 e. The minimum atomic E-state index is -0.120. The third-order valence-corrected chi connectivity index (χ3v) is 4.58. The van der Waals surface area contributed by atoms with E-state index in [2.05, 4.69) is 23.5 Å². The van der Waals surface area contributed by atoms with Crippen molar-refractivity contribution in [3.05, 3.63) is 65.2 Å². The predicted molar refractivity (Wildman–Crippen MR) is 95.0 cm³/mol. The molecular formula is C20H22N2O2. The molecule has 0 spiro atoms. The summed E-state index contributed by atoms with van der Waals surface area (Å²) in [5.74, 6) is -0.115. The molecule has 1 aliphatic carbocycles. The maximum atomic E-state index is 12.8. The van der Waals surface area contributed by atoms with Crippen molar-refractivity contribution < 1.29 is 9.59 Å². The van der Waals surface area contributed by atoms with E-state index >= 15 is 0 Å². The highest BCUT2D eigenvalue weighted by Crippen LogP contribution is 2.34. The van der Waals surface area contributed by atoms with Crippen LogP contribution in [0.15, 0.2) is 48.5 Å². The number of fused-ring (bicyclic) bond motifs is 1. The van der Waals surface area contributed by atoms with Crippen LogP contribution in [0.3, 0.4) is 0 Å². The number of hydrogen-bond acceptors (Lipinski definition) is 2. The average Bonchev–Trinajstić information content (AvgIpc) is 2.60. The van der Waals surface area contributed by atoms with E-state index in [9.17, 15) is 9.59 Å². The SMILES string of the molecule is CC(=O)Nc1ccc(C(=O)N(C)[C@H]2CCCc3ccccc32)cc1. The van der Waals surface area contributed by atoms with E-state index in [1.54, 1.807) is 24.3 Å². The fourth-order valence-corrected chi connectivity index (χ4v) is 3.38. The summed E-state index contributed by atoms with van der Waals surface area (Å²) in [7, 11) is 1.87. The molecule has 2 aromatic carbocycles. The summed E-state index contributed by atoms with van der Waals surface area (Å²) in [5.41, 5.74) is 3.93. The van der Waals surface area contributed by atoms with Crippen LogP contribution in [0.1, 0.15) is 47.3 Å². The van der Waals surface area contributed by atoms with Crippen LogP contribution in [0.5, 0.6) is 0 Å². The number of carbonyl (C=O) groups excluding carboxylic acids is 2. The molecule has 0 saturated heterocycles. The average molecular weight is 322 g/mol. The Bertz CT molecular complexity index is 752. The molecule has 0 unspecified atom stereocenters. The summed E-state index contributed by atoms with van der Waals surface area (Å²) in [5, 5.41) is 2.71. The van der Waals surface area contributed by atoms with E-state index in [0.29, 0.717) is 11.3 Å². The van der Waals surface area contributed by atoms with Crippen molar-refractivity contribution in [2.45, 2.75) is 32.2 Å². The lowest BCUT2D eigenvalue weighted by atomic mass is 9.87. The zero-order valence-electron chi connectivity index (χ0n) is 14.1. The van der Waals surface area contributed by atoms with Gasteiger partial charge in [0.05, 0.1) is 6.04 Å². The van der Waals surface area contributed by atoms with E-state index in [-0.39, 0.29) is 17.9 Å². The first-order valence-electron chi connectivity index (χ1n) is 8.29. The molecule has 2 aromatic rings. The van der Waals surface area contributed by atoms with Crippen LogP contribution in [-0.4, -0.2) is 23.8 Å². The van der Waals surface area contributed by atoms with Gasteiger partial charge in [-0.3, -0.25) is 9.59 Å². The second kappa shape index (κ2) is 6.87. The van der Waals surface area contributed by atoms with Gasteiger partial charge in [0.25, 0.3) is 5.91 Å². The Kier molecular flexibility index (Phi) is 4.65. The van der Waals surface area contributed by atoms with E-state index < -0.39 is 0 Å². The van der Waals surface area contributed by atoms with Crippen molar-refractivity contribution in [3.63, 3.8) is 0 Å². The minimum Gasteiger partial charge on any atom is -0.335 e. The molecule has 0 saturated carbocycles. The van der Waals surface area contributed by atoms with Crippen LogP contribution in [0.2, 0.25) is 0 Å². The Hall–Kier alpha value is -2.62. The third kappa shape index (κ3) is 3.32. The number of nitrogens with zero attached hydrogens (tertiary/aromatic N) is 1. The Morgan fingerprint density at radius 3 is 2.50 bits per heavy atom. The highest BCUT2D eigenvalue weighted by Gasteiger charge is 2.26. The monoisotopic (exact) mass is 322 g/mol. The summed E-state index contributed by atoms with van der Waals surface area (Å²) < 4.78 is 0. The maximum Gasteiger partial charge on any atom is 0.254 e. The van der Waals surface area contributed by atoms with Gasteiger partial charge in [0, 0.05) is 25.2 Å². The summed E-state index contributed by atoms with van der Waals surface area (Å²) in [6.45, 7) is 1.47. The fourth-order valence-electron chi connectivity index (χ4n) is 3.38. The Morgan fingerprint density at radius 1 is 1.08 bits per heavy atom. The van der Waals surface area contributed by atoms with E-state index in [1.807, 2.05) is 18.0 Å². The summed E-state index contributed by atoms with van der Waals surface area (Å²) >= 11 is 0. The lowest BCUT2D eigenvalue weighted by Crippen LogP contribution is -2.33. The molecule has 1 atom stereocenters. The van der Waals surface area contributed by atoms with Crippen molar-refractivity contribution in [2.75, 3.05) is 12.4 Å². The Morgan fingerprint density at radius 2 is 1.79 bits per heavy atom. The number of amides is 2. The van der Waals surface area contributed by atoms with Crippen LogP contribution in [0.25, 0.3) is 0 Å². The molecule has 1 aliphatic rings. The maximum absolute atomic E-state index is 12.8. The van der Waals surface area contributed by atoms with E-state index in [1.165, 1.54) is 18.1 Å². The number of rotatable bonds is 3.